The number of hydrogen-bond acceptors (Lipinski definition) is 9. The summed E-state index contributed by atoms with van der Waals surface area (Å²) in [7, 11) is 0. The maximum absolute atomic E-state index is 12.1. The molecule has 13 heteroatoms. The van der Waals surface area contributed by atoms with Crippen LogP contribution in [0.5, 0.6) is 0 Å². The van der Waals surface area contributed by atoms with Gasteiger partial charge in [-0.15, -0.1) is 16.9 Å². The van der Waals surface area contributed by atoms with Gasteiger partial charge in [0, 0.05) is 18.8 Å². The van der Waals surface area contributed by atoms with Crippen molar-refractivity contribution >= 4 is 29.5 Å². The van der Waals surface area contributed by atoms with E-state index < -0.39 is 23.2 Å². The molecular weight excluding hydrogens is 478 g/mol. The summed E-state index contributed by atoms with van der Waals surface area (Å²) in [5, 5.41) is 21.5. The van der Waals surface area contributed by atoms with Gasteiger partial charge in [-0.25, -0.2) is 9.48 Å². The van der Waals surface area contributed by atoms with E-state index in [-0.39, 0.29) is 30.0 Å². The Hall–Kier alpha value is -2.22. The summed E-state index contributed by atoms with van der Waals surface area (Å²) in [4.78, 5) is 35.0. The average molecular weight is 516 g/mol. The maximum Gasteiger partial charge on any atom is 0.327 e. The molecule has 3 N–H and O–H groups in total. The Morgan fingerprint density at radius 2 is 1.83 bits per heavy atom. The average Bonchev–Trinajstić information content (AvgIpc) is 3.24. The van der Waals surface area contributed by atoms with Gasteiger partial charge in [0.15, 0.2) is 0 Å². The number of nitrogens with one attached hydrogen (secondary N) is 2. The van der Waals surface area contributed by atoms with E-state index in [2.05, 4.69) is 41.7 Å². The molecule has 1 aliphatic heterocycles. The zero-order chi connectivity index (χ0) is 25.7. The molecule has 0 bridgehead atoms. The fourth-order valence-corrected chi connectivity index (χ4v) is 4.06. The fraction of sp³-hybridized carbons (Fsp3) is 0.773. The summed E-state index contributed by atoms with van der Waals surface area (Å²) in [6.07, 6.45) is 2.70. The van der Waals surface area contributed by atoms with Crippen molar-refractivity contribution in [1.82, 2.24) is 25.6 Å². The summed E-state index contributed by atoms with van der Waals surface area (Å²) >= 11 is 1.17. The van der Waals surface area contributed by atoms with Crippen molar-refractivity contribution in [3.63, 3.8) is 0 Å². The zero-order valence-electron chi connectivity index (χ0n) is 20.7. The molecule has 2 rings (SSSR count). The molecule has 1 saturated heterocycles. The minimum atomic E-state index is -1.08. The van der Waals surface area contributed by atoms with Crippen LogP contribution in [0.2, 0.25) is 0 Å². The minimum Gasteiger partial charge on any atom is -0.480 e. The van der Waals surface area contributed by atoms with Crippen molar-refractivity contribution in [3.8, 4) is 0 Å². The normalized spacial score (nSPS) is 18.3. The molecule has 0 spiro atoms. The number of nitrogens with zero attached hydrogens (tertiary/aromatic N) is 3. The van der Waals surface area contributed by atoms with Crippen LogP contribution in [0.1, 0.15) is 39.3 Å². The van der Waals surface area contributed by atoms with Crippen LogP contribution in [0.25, 0.3) is 0 Å². The van der Waals surface area contributed by atoms with Gasteiger partial charge in [-0.1, -0.05) is 26.0 Å². The van der Waals surface area contributed by atoms with Crippen LogP contribution in [0.15, 0.2) is 6.20 Å². The van der Waals surface area contributed by atoms with Gasteiger partial charge in [-0.3, -0.25) is 9.59 Å². The second-order valence-electron chi connectivity index (χ2n) is 9.32. The molecule has 0 saturated carbocycles. The molecule has 1 aliphatic rings. The number of aliphatic carboxylic acids is 1. The number of thioether (sulfide) groups is 1. The van der Waals surface area contributed by atoms with Gasteiger partial charge in [-0.05, 0) is 11.8 Å². The van der Waals surface area contributed by atoms with Crippen LogP contribution in [0, 0.1) is 5.41 Å². The van der Waals surface area contributed by atoms with E-state index in [1.807, 2.05) is 0 Å². The third-order valence-electron chi connectivity index (χ3n) is 5.00. The molecule has 2 amide bonds. The van der Waals surface area contributed by atoms with E-state index in [1.165, 1.54) is 11.8 Å². The van der Waals surface area contributed by atoms with Gasteiger partial charge in [-0.2, -0.15) is 0 Å². The predicted molar refractivity (Wildman–Crippen MR) is 129 cm³/mol. The SMILES string of the molecule is CC(C)(C)CCOCCOCCOCCn1cc(CNC(=O)CC2SCC(C(=O)O)NC2=O)nn1. The third kappa shape index (κ3) is 12.3. The lowest BCUT2D eigenvalue weighted by molar-refractivity contribution is -0.141. The van der Waals surface area contributed by atoms with Gasteiger partial charge in [0.2, 0.25) is 11.8 Å². The molecule has 1 aromatic heterocycles. The van der Waals surface area contributed by atoms with Crippen molar-refractivity contribution in [2.24, 2.45) is 5.41 Å². The highest BCUT2D eigenvalue weighted by Gasteiger charge is 2.33. The molecule has 2 atom stereocenters. The van der Waals surface area contributed by atoms with E-state index in [4.69, 9.17) is 19.3 Å². The zero-order valence-corrected chi connectivity index (χ0v) is 21.5. The quantitative estimate of drug-likeness (QED) is 0.264. The Balaban J connectivity index is 1.49. The largest absolute Gasteiger partial charge is 0.480 e. The fourth-order valence-electron chi connectivity index (χ4n) is 2.92. The topological polar surface area (TPSA) is 154 Å². The van der Waals surface area contributed by atoms with Crippen molar-refractivity contribution in [2.45, 2.75) is 58.0 Å². The van der Waals surface area contributed by atoms with Gasteiger partial charge < -0.3 is 30.0 Å². The van der Waals surface area contributed by atoms with E-state index in [0.29, 0.717) is 45.3 Å². The molecular formula is C22H37N5O7S. The highest BCUT2D eigenvalue weighted by atomic mass is 32.2. The lowest BCUT2D eigenvalue weighted by atomic mass is 9.93. The smallest absolute Gasteiger partial charge is 0.327 e. The van der Waals surface area contributed by atoms with Crippen LogP contribution in [0.4, 0.5) is 0 Å². The van der Waals surface area contributed by atoms with E-state index in [1.54, 1.807) is 10.9 Å². The lowest BCUT2D eigenvalue weighted by Gasteiger charge is -2.25. The number of hydrogen-bond donors (Lipinski definition) is 3. The first-order chi connectivity index (χ1) is 16.6. The van der Waals surface area contributed by atoms with Gasteiger partial charge in [0.25, 0.3) is 0 Å². The molecule has 0 aromatic carbocycles. The first-order valence-corrected chi connectivity index (χ1v) is 12.7. The monoisotopic (exact) mass is 515 g/mol. The molecule has 1 fully saturated rings. The van der Waals surface area contributed by atoms with Crippen LogP contribution < -0.4 is 10.6 Å². The Bertz CT molecular complexity index is 814. The Labute approximate surface area is 209 Å². The molecule has 12 nitrogen and oxygen atoms in total. The molecule has 1 aromatic rings. The number of carbonyl (C=O) groups excluding carboxylic acids is 2. The molecule has 0 radical (unpaired) electrons. The Morgan fingerprint density at radius 3 is 2.46 bits per heavy atom. The van der Waals surface area contributed by atoms with E-state index in [9.17, 15) is 14.4 Å². The minimum absolute atomic E-state index is 0.0318. The summed E-state index contributed by atoms with van der Waals surface area (Å²) in [6, 6.07) is -0.915. The molecule has 2 heterocycles. The summed E-state index contributed by atoms with van der Waals surface area (Å²) in [5.41, 5.74) is 0.858. The summed E-state index contributed by atoms with van der Waals surface area (Å²) < 4.78 is 18.2. The lowest BCUT2D eigenvalue weighted by Crippen LogP contribution is -2.51. The third-order valence-corrected chi connectivity index (χ3v) is 6.31. The summed E-state index contributed by atoms with van der Waals surface area (Å²) in [6.45, 7) is 10.5. The standard InChI is InChI=1S/C22H37N5O7S/c1-22(2,3)4-6-32-8-10-34-11-9-33-7-5-27-14-16(25-26-27)13-23-19(28)12-18-20(29)24-17(15-35-18)21(30)31/h14,17-18H,4-13,15H2,1-3H3,(H,23,28)(H,24,29)(H,30,31). The molecule has 2 unspecified atom stereocenters. The van der Waals surface area contributed by atoms with Crippen molar-refractivity contribution in [2.75, 3.05) is 45.4 Å². The van der Waals surface area contributed by atoms with Crippen LogP contribution in [-0.4, -0.2) is 94.6 Å². The Morgan fingerprint density at radius 1 is 1.17 bits per heavy atom. The molecule has 198 valence electrons. The number of rotatable bonds is 16. The number of carbonyl (C=O) groups is 3. The van der Waals surface area contributed by atoms with Crippen LogP contribution >= 0.6 is 11.8 Å². The Kier molecular flexibility index (Phi) is 12.4. The predicted octanol–water partition coefficient (Wildman–Crippen LogP) is 0.455. The van der Waals surface area contributed by atoms with Crippen molar-refractivity contribution in [1.29, 1.82) is 0 Å². The van der Waals surface area contributed by atoms with Gasteiger partial charge in [0.1, 0.15) is 11.7 Å². The number of aromatic nitrogens is 3. The number of carboxylic acids is 1. The number of ether oxygens (including phenoxy) is 3. The second kappa shape index (κ2) is 15.0. The first kappa shape index (κ1) is 29.0. The highest BCUT2D eigenvalue weighted by Crippen LogP contribution is 2.21. The van der Waals surface area contributed by atoms with Crippen LogP contribution in [-0.2, 0) is 41.7 Å². The first-order valence-electron chi connectivity index (χ1n) is 11.7. The van der Waals surface area contributed by atoms with E-state index in [0.717, 1.165) is 13.0 Å². The van der Waals surface area contributed by atoms with E-state index >= 15 is 0 Å². The van der Waals surface area contributed by atoms with Gasteiger partial charge >= 0.3 is 5.97 Å². The number of carboxylic acid groups (broad SMARTS) is 1. The van der Waals surface area contributed by atoms with Gasteiger partial charge in [0.05, 0.1) is 57.6 Å². The molecule has 0 aliphatic carbocycles. The molecule has 35 heavy (non-hydrogen) atoms. The van der Waals surface area contributed by atoms with Crippen molar-refractivity contribution < 1.29 is 33.7 Å². The van der Waals surface area contributed by atoms with Crippen molar-refractivity contribution in [3.05, 3.63) is 11.9 Å². The second-order valence-corrected chi connectivity index (χ2v) is 10.6. The summed E-state index contributed by atoms with van der Waals surface area (Å²) in [5.74, 6) is -1.61. The number of amides is 2. The maximum atomic E-state index is 12.1. The van der Waals surface area contributed by atoms with Crippen LogP contribution in [0.3, 0.4) is 0 Å². The highest BCUT2D eigenvalue weighted by molar-refractivity contribution is 8.00.